The van der Waals surface area contributed by atoms with Crippen molar-refractivity contribution in [2.75, 3.05) is 13.2 Å². The van der Waals surface area contributed by atoms with Gasteiger partial charge in [-0.15, -0.1) is 0 Å². The SMILES string of the molecule is CCCCCCC/C=C\C/C=C\C/C=C\CCCCCCCCCCCCC(=O)OCC(COC(=O)CCCCCCCCC/C=C\CCCCCCCC)OC(=O)CCCCCCCCC/C=C\CCCCCCCCC. The average Bonchev–Trinajstić information content (AvgIpc) is 3.44. The molecule has 0 saturated heterocycles. The molecule has 0 rings (SSSR count). The van der Waals surface area contributed by atoms with E-state index in [0.29, 0.717) is 19.3 Å². The molecule has 0 radical (unpaired) electrons. The highest BCUT2D eigenvalue weighted by atomic mass is 16.6. The normalized spacial score (nSPS) is 12.4. The molecule has 0 aromatic carbocycles. The number of hydrogen-bond acceptors (Lipinski definition) is 6. The van der Waals surface area contributed by atoms with Crippen LogP contribution in [0.3, 0.4) is 0 Å². The van der Waals surface area contributed by atoms with Crippen molar-refractivity contribution in [1.82, 2.24) is 0 Å². The Morgan fingerprint density at radius 1 is 0.256 bits per heavy atom. The minimum absolute atomic E-state index is 0.0771. The molecule has 6 heteroatoms. The molecule has 0 heterocycles. The fourth-order valence-corrected chi connectivity index (χ4v) is 10.0. The van der Waals surface area contributed by atoms with E-state index >= 15 is 0 Å². The van der Waals surface area contributed by atoms with E-state index in [1.54, 1.807) is 0 Å². The second-order valence-corrected chi connectivity index (χ2v) is 23.1. The quantitative estimate of drug-likeness (QED) is 0.0261. The van der Waals surface area contributed by atoms with Gasteiger partial charge in [0.15, 0.2) is 6.10 Å². The lowest BCUT2D eigenvalue weighted by Gasteiger charge is -2.18. The molecule has 78 heavy (non-hydrogen) atoms. The summed E-state index contributed by atoms with van der Waals surface area (Å²) in [5.74, 6) is -0.869. The molecule has 454 valence electrons. The summed E-state index contributed by atoms with van der Waals surface area (Å²) in [5.41, 5.74) is 0. The smallest absolute Gasteiger partial charge is 0.306 e. The Hall–Kier alpha value is -2.89. The third kappa shape index (κ3) is 63.9. The third-order valence-corrected chi connectivity index (χ3v) is 15.2. The van der Waals surface area contributed by atoms with Crippen molar-refractivity contribution in [2.45, 2.75) is 367 Å². The summed E-state index contributed by atoms with van der Waals surface area (Å²) in [7, 11) is 0. The van der Waals surface area contributed by atoms with Crippen LogP contribution in [-0.4, -0.2) is 37.2 Å². The Labute approximate surface area is 485 Å². The standard InChI is InChI=1S/C72H130O6/c1-4-7-10-13-16-19-22-25-28-31-33-34-35-36-37-38-39-42-44-47-50-53-56-59-62-65-71(74)77-68-69(67-76-70(73)64-61-58-55-52-49-46-43-40-30-27-24-21-18-15-12-9-6-3)78-72(75)66-63-60-57-54-51-48-45-41-32-29-26-23-20-17-14-11-8-5-2/h22,25,27,29-33,35-36,69H,4-21,23-24,26,28,34,37-68H2,1-3H3/b25-22-,30-27-,32-29-,33-31-,36-35-. The molecule has 0 aromatic heterocycles. The number of allylic oxidation sites excluding steroid dienone is 10. The Bertz CT molecular complexity index is 1390. The summed E-state index contributed by atoms with van der Waals surface area (Å²) in [6.45, 7) is 6.66. The van der Waals surface area contributed by atoms with E-state index in [1.165, 1.54) is 250 Å². The number of carbonyl (C=O) groups excluding carboxylic acids is 3. The average molecular weight is 1090 g/mol. The van der Waals surface area contributed by atoms with Crippen molar-refractivity contribution in [3.8, 4) is 0 Å². The molecule has 0 N–H and O–H groups in total. The maximum atomic E-state index is 12.9. The van der Waals surface area contributed by atoms with E-state index in [2.05, 4.69) is 81.5 Å². The molecular formula is C72H130O6. The summed E-state index contributed by atoms with van der Waals surface area (Å²) < 4.78 is 17.0. The second-order valence-electron chi connectivity index (χ2n) is 23.1. The summed E-state index contributed by atoms with van der Waals surface area (Å²) in [6.07, 6.45) is 85.1. The highest BCUT2D eigenvalue weighted by Gasteiger charge is 2.19. The molecule has 0 spiro atoms. The van der Waals surface area contributed by atoms with Gasteiger partial charge in [-0.05, 0) is 109 Å². The molecule has 1 atom stereocenters. The highest BCUT2D eigenvalue weighted by molar-refractivity contribution is 5.71. The first-order valence-corrected chi connectivity index (χ1v) is 34.3. The summed E-state index contributed by atoms with van der Waals surface area (Å²) >= 11 is 0. The summed E-state index contributed by atoms with van der Waals surface area (Å²) in [4.78, 5) is 38.4. The van der Waals surface area contributed by atoms with Crippen molar-refractivity contribution in [3.05, 3.63) is 60.8 Å². The van der Waals surface area contributed by atoms with E-state index in [-0.39, 0.29) is 31.1 Å². The minimum atomic E-state index is -0.781. The van der Waals surface area contributed by atoms with Gasteiger partial charge in [0.2, 0.25) is 0 Å². The van der Waals surface area contributed by atoms with Crippen LogP contribution in [0.15, 0.2) is 60.8 Å². The van der Waals surface area contributed by atoms with Gasteiger partial charge in [-0.1, -0.05) is 293 Å². The molecule has 0 aliphatic carbocycles. The predicted molar refractivity (Wildman–Crippen MR) is 339 cm³/mol. The highest BCUT2D eigenvalue weighted by Crippen LogP contribution is 2.17. The molecule has 1 unspecified atom stereocenters. The molecule has 0 aliphatic rings. The number of rotatable bonds is 63. The van der Waals surface area contributed by atoms with Crippen LogP contribution in [-0.2, 0) is 28.6 Å². The first-order chi connectivity index (χ1) is 38.5. The molecule has 0 fully saturated rings. The Morgan fingerprint density at radius 3 is 0.731 bits per heavy atom. The second kappa shape index (κ2) is 66.6. The molecule has 0 saturated carbocycles. The van der Waals surface area contributed by atoms with Gasteiger partial charge in [0.05, 0.1) is 0 Å². The Balaban J connectivity index is 4.34. The maximum absolute atomic E-state index is 12.9. The van der Waals surface area contributed by atoms with Crippen LogP contribution in [0.5, 0.6) is 0 Å². The third-order valence-electron chi connectivity index (χ3n) is 15.2. The fourth-order valence-electron chi connectivity index (χ4n) is 10.0. The zero-order valence-corrected chi connectivity index (χ0v) is 52.2. The van der Waals surface area contributed by atoms with Gasteiger partial charge in [0.1, 0.15) is 13.2 Å². The maximum Gasteiger partial charge on any atom is 0.306 e. The van der Waals surface area contributed by atoms with Crippen LogP contribution in [0, 0.1) is 0 Å². The van der Waals surface area contributed by atoms with Gasteiger partial charge in [-0.2, -0.15) is 0 Å². The van der Waals surface area contributed by atoms with Crippen LogP contribution >= 0.6 is 0 Å². The van der Waals surface area contributed by atoms with Gasteiger partial charge in [-0.25, -0.2) is 0 Å². The zero-order valence-electron chi connectivity index (χ0n) is 52.2. The van der Waals surface area contributed by atoms with Gasteiger partial charge < -0.3 is 14.2 Å². The van der Waals surface area contributed by atoms with E-state index in [0.717, 1.165) is 70.6 Å². The molecule has 0 aromatic rings. The fraction of sp³-hybridized carbons (Fsp3) is 0.819. The molecule has 0 aliphatic heterocycles. The van der Waals surface area contributed by atoms with Gasteiger partial charge in [0, 0.05) is 19.3 Å². The lowest BCUT2D eigenvalue weighted by molar-refractivity contribution is -0.167. The molecule has 0 bridgehead atoms. The number of esters is 3. The molecular weight excluding hydrogens is 961 g/mol. The van der Waals surface area contributed by atoms with Gasteiger partial charge in [0.25, 0.3) is 0 Å². The largest absolute Gasteiger partial charge is 0.462 e. The predicted octanol–water partition coefficient (Wildman–Crippen LogP) is 23.5. The topological polar surface area (TPSA) is 78.9 Å². The lowest BCUT2D eigenvalue weighted by atomic mass is 10.1. The van der Waals surface area contributed by atoms with Crippen LogP contribution < -0.4 is 0 Å². The molecule has 0 amide bonds. The van der Waals surface area contributed by atoms with E-state index in [1.807, 2.05) is 0 Å². The van der Waals surface area contributed by atoms with E-state index < -0.39 is 6.10 Å². The number of ether oxygens (including phenoxy) is 3. The van der Waals surface area contributed by atoms with Crippen molar-refractivity contribution in [3.63, 3.8) is 0 Å². The first kappa shape index (κ1) is 75.1. The van der Waals surface area contributed by atoms with Gasteiger partial charge >= 0.3 is 17.9 Å². The van der Waals surface area contributed by atoms with Crippen LogP contribution in [0.1, 0.15) is 361 Å². The number of hydrogen-bond donors (Lipinski definition) is 0. The zero-order chi connectivity index (χ0) is 56.4. The minimum Gasteiger partial charge on any atom is -0.462 e. The summed E-state index contributed by atoms with van der Waals surface area (Å²) in [6, 6.07) is 0. The summed E-state index contributed by atoms with van der Waals surface area (Å²) in [5, 5.41) is 0. The molecule has 6 nitrogen and oxygen atoms in total. The number of carbonyl (C=O) groups is 3. The first-order valence-electron chi connectivity index (χ1n) is 34.3. The van der Waals surface area contributed by atoms with Crippen molar-refractivity contribution >= 4 is 17.9 Å². The Kier molecular flexibility index (Phi) is 64.2. The van der Waals surface area contributed by atoms with Crippen molar-refractivity contribution < 1.29 is 28.6 Å². The lowest BCUT2D eigenvalue weighted by Crippen LogP contribution is -2.30. The van der Waals surface area contributed by atoms with E-state index in [4.69, 9.17) is 14.2 Å². The van der Waals surface area contributed by atoms with Crippen LogP contribution in [0.4, 0.5) is 0 Å². The monoisotopic (exact) mass is 1090 g/mol. The van der Waals surface area contributed by atoms with Crippen LogP contribution in [0.25, 0.3) is 0 Å². The van der Waals surface area contributed by atoms with Crippen molar-refractivity contribution in [1.29, 1.82) is 0 Å². The van der Waals surface area contributed by atoms with Crippen molar-refractivity contribution in [2.24, 2.45) is 0 Å². The van der Waals surface area contributed by atoms with Crippen LogP contribution in [0.2, 0.25) is 0 Å². The number of unbranched alkanes of at least 4 members (excludes halogenated alkanes) is 42. The van der Waals surface area contributed by atoms with E-state index in [9.17, 15) is 14.4 Å². The van der Waals surface area contributed by atoms with Gasteiger partial charge in [-0.3, -0.25) is 14.4 Å². The Morgan fingerprint density at radius 2 is 0.462 bits per heavy atom.